The van der Waals surface area contributed by atoms with Crippen molar-refractivity contribution in [3.63, 3.8) is 0 Å². The van der Waals surface area contributed by atoms with Gasteiger partial charge in [0.05, 0.1) is 6.04 Å². The molecular weight excluding hydrogens is 222 g/mol. The molecule has 1 aliphatic rings. The largest absolute Gasteiger partial charge is 0.326 e. The molecule has 2 atom stereocenters. The Balaban J connectivity index is 2.16. The molecule has 1 aromatic heterocycles. The van der Waals surface area contributed by atoms with Crippen LogP contribution in [-0.4, -0.2) is 28.5 Å². The molecule has 0 spiro atoms. The Morgan fingerprint density at radius 2 is 2.06 bits per heavy atom. The summed E-state index contributed by atoms with van der Waals surface area (Å²) in [6.45, 7) is 5.53. The van der Waals surface area contributed by atoms with Crippen molar-refractivity contribution >= 4 is 0 Å². The number of rotatable bonds is 7. The molecule has 2 unspecified atom stereocenters. The Morgan fingerprint density at radius 3 is 2.56 bits per heavy atom. The number of nitrogens with zero attached hydrogens (tertiary/aromatic N) is 2. The van der Waals surface area contributed by atoms with Gasteiger partial charge in [-0.2, -0.15) is 0 Å². The van der Waals surface area contributed by atoms with Gasteiger partial charge in [-0.15, -0.1) is 0 Å². The van der Waals surface area contributed by atoms with Gasteiger partial charge in [-0.1, -0.05) is 13.3 Å². The molecule has 0 radical (unpaired) electrons. The van der Waals surface area contributed by atoms with Crippen molar-refractivity contribution in [1.82, 2.24) is 9.88 Å². The van der Waals surface area contributed by atoms with Gasteiger partial charge in [0.15, 0.2) is 0 Å². The molecule has 100 valence electrons. The maximum atomic E-state index is 6.24. The zero-order valence-electron chi connectivity index (χ0n) is 11.5. The first-order chi connectivity index (χ1) is 8.74. The molecule has 1 aliphatic carbocycles. The Kier molecular flexibility index (Phi) is 4.72. The van der Waals surface area contributed by atoms with Gasteiger partial charge < -0.3 is 5.73 Å². The third-order valence-electron chi connectivity index (χ3n) is 3.69. The SMILES string of the molecule is CCCCN(C1CC1)C(c1ccncc1)C(C)N. The van der Waals surface area contributed by atoms with E-state index in [0.29, 0.717) is 6.04 Å². The first-order valence-corrected chi connectivity index (χ1v) is 7.15. The average Bonchev–Trinajstić information content (AvgIpc) is 3.19. The molecule has 1 fully saturated rings. The summed E-state index contributed by atoms with van der Waals surface area (Å²) in [5, 5.41) is 0. The highest BCUT2D eigenvalue weighted by Gasteiger charge is 2.35. The van der Waals surface area contributed by atoms with Crippen molar-refractivity contribution in [2.45, 2.75) is 57.7 Å². The van der Waals surface area contributed by atoms with Crippen LogP contribution in [0.3, 0.4) is 0 Å². The molecule has 18 heavy (non-hydrogen) atoms. The first kappa shape index (κ1) is 13.5. The van der Waals surface area contributed by atoms with Gasteiger partial charge in [-0.3, -0.25) is 9.88 Å². The van der Waals surface area contributed by atoms with Crippen LogP contribution in [-0.2, 0) is 0 Å². The second-order valence-electron chi connectivity index (χ2n) is 5.41. The first-order valence-electron chi connectivity index (χ1n) is 7.15. The normalized spacial score (nSPS) is 18.9. The van der Waals surface area contributed by atoms with Crippen LogP contribution in [0.15, 0.2) is 24.5 Å². The molecule has 1 saturated carbocycles. The highest BCUT2D eigenvalue weighted by atomic mass is 15.2. The minimum absolute atomic E-state index is 0.157. The van der Waals surface area contributed by atoms with E-state index >= 15 is 0 Å². The van der Waals surface area contributed by atoms with Crippen LogP contribution >= 0.6 is 0 Å². The molecule has 3 heteroatoms. The van der Waals surface area contributed by atoms with Gasteiger partial charge >= 0.3 is 0 Å². The zero-order chi connectivity index (χ0) is 13.0. The van der Waals surface area contributed by atoms with Crippen LogP contribution in [0.5, 0.6) is 0 Å². The molecular formula is C15H25N3. The lowest BCUT2D eigenvalue weighted by atomic mass is 9.99. The maximum Gasteiger partial charge on any atom is 0.0500 e. The number of unbranched alkanes of at least 4 members (excludes halogenated alkanes) is 1. The van der Waals surface area contributed by atoms with Crippen LogP contribution in [0.4, 0.5) is 0 Å². The van der Waals surface area contributed by atoms with E-state index in [2.05, 4.69) is 35.9 Å². The predicted molar refractivity (Wildman–Crippen MR) is 75.3 cm³/mol. The van der Waals surface area contributed by atoms with Crippen LogP contribution in [0.2, 0.25) is 0 Å². The summed E-state index contributed by atoms with van der Waals surface area (Å²) >= 11 is 0. The summed E-state index contributed by atoms with van der Waals surface area (Å²) in [6, 6.07) is 5.46. The Labute approximate surface area is 110 Å². The lowest BCUT2D eigenvalue weighted by molar-refractivity contribution is 0.164. The van der Waals surface area contributed by atoms with Gasteiger partial charge in [0.2, 0.25) is 0 Å². The third-order valence-corrected chi connectivity index (χ3v) is 3.69. The minimum atomic E-state index is 0.157. The number of nitrogens with two attached hydrogens (primary N) is 1. The van der Waals surface area contributed by atoms with Crippen LogP contribution in [0.25, 0.3) is 0 Å². The summed E-state index contributed by atoms with van der Waals surface area (Å²) < 4.78 is 0. The monoisotopic (exact) mass is 247 g/mol. The molecule has 1 aromatic rings. The maximum absolute atomic E-state index is 6.24. The number of hydrogen-bond acceptors (Lipinski definition) is 3. The van der Waals surface area contributed by atoms with Gasteiger partial charge in [-0.05, 0) is 50.4 Å². The van der Waals surface area contributed by atoms with E-state index in [-0.39, 0.29) is 6.04 Å². The van der Waals surface area contributed by atoms with Crippen LogP contribution in [0.1, 0.15) is 51.1 Å². The minimum Gasteiger partial charge on any atom is -0.326 e. The third kappa shape index (κ3) is 3.30. The van der Waals surface area contributed by atoms with E-state index in [4.69, 9.17) is 5.73 Å². The molecule has 3 nitrogen and oxygen atoms in total. The van der Waals surface area contributed by atoms with E-state index in [1.54, 1.807) is 0 Å². The summed E-state index contributed by atoms with van der Waals surface area (Å²) in [5.41, 5.74) is 7.55. The fourth-order valence-corrected chi connectivity index (χ4v) is 2.65. The fraction of sp³-hybridized carbons (Fsp3) is 0.667. The Morgan fingerprint density at radius 1 is 1.39 bits per heavy atom. The van der Waals surface area contributed by atoms with E-state index in [9.17, 15) is 0 Å². The lowest BCUT2D eigenvalue weighted by Gasteiger charge is -2.34. The Hall–Kier alpha value is -0.930. The molecule has 0 amide bonds. The van der Waals surface area contributed by atoms with Crippen molar-refractivity contribution in [2.75, 3.05) is 6.54 Å². The smallest absolute Gasteiger partial charge is 0.0500 e. The highest BCUT2D eigenvalue weighted by molar-refractivity contribution is 5.18. The number of aromatic nitrogens is 1. The average molecular weight is 247 g/mol. The lowest BCUT2D eigenvalue weighted by Crippen LogP contribution is -2.41. The molecule has 1 heterocycles. The van der Waals surface area contributed by atoms with Gasteiger partial charge in [0, 0.05) is 24.5 Å². The highest BCUT2D eigenvalue weighted by Crippen LogP contribution is 2.35. The molecule has 0 aromatic carbocycles. The summed E-state index contributed by atoms with van der Waals surface area (Å²) in [4.78, 5) is 6.72. The number of pyridine rings is 1. The van der Waals surface area contributed by atoms with E-state index in [1.807, 2.05) is 12.4 Å². The molecule has 0 bridgehead atoms. The molecule has 0 saturated heterocycles. The molecule has 2 N–H and O–H groups in total. The summed E-state index contributed by atoms with van der Waals surface area (Å²) in [7, 11) is 0. The summed E-state index contributed by atoms with van der Waals surface area (Å²) in [5.74, 6) is 0. The quantitative estimate of drug-likeness (QED) is 0.805. The summed E-state index contributed by atoms with van der Waals surface area (Å²) in [6.07, 6.45) is 8.90. The van der Waals surface area contributed by atoms with Crippen molar-refractivity contribution in [3.05, 3.63) is 30.1 Å². The molecule has 2 rings (SSSR count). The van der Waals surface area contributed by atoms with Gasteiger partial charge in [0.1, 0.15) is 0 Å². The molecule has 0 aliphatic heterocycles. The van der Waals surface area contributed by atoms with Gasteiger partial charge in [0.25, 0.3) is 0 Å². The fourth-order valence-electron chi connectivity index (χ4n) is 2.65. The second-order valence-corrected chi connectivity index (χ2v) is 5.41. The van der Waals surface area contributed by atoms with Gasteiger partial charge in [-0.25, -0.2) is 0 Å². The zero-order valence-corrected chi connectivity index (χ0v) is 11.5. The standard InChI is InChI=1S/C15H25N3/c1-3-4-11-18(14-5-6-14)15(12(2)16)13-7-9-17-10-8-13/h7-10,12,14-15H,3-6,11,16H2,1-2H3. The number of hydrogen-bond donors (Lipinski definition) is 1. The van der Waals surface area contributed by atoms with Crippen molar-refractivity contribution < 1.29 is 0 Å². The topological polar surface area (TPSA) is 42.2 Å². The van der Waals surface area contributed by atoms with Crippen molar-refractivity contribution in [1.29, 1.82) is 0 Å². The van der Waals surface area contributed by atoms with E-state index in [1.165, 1.54) is 31.2 Å². The van der Waals surface area contributed by atoms with E-state index < -0.39 is 0 Å². The van der Waals surface area contributed by atoms with Crippen LogP contribution < -0.4 is 5.73 Å². The Bertz CT molecular complexity index is 346. The predicted octanol–water partition coefficient (Wildman–Crippen LogP) is 2.73. The van der Waals surface area contributed by atoms with E-state index in [0.717, 1.165) is 12.6 Å². The van der Waals surface area contributed by atoms with Crippen LogP contribution in [0, 0.1) is 0 Å². The van der Waals surface area contributed by atoms with Crippen molar-refractivity contribution in [2.24, 2.45) is 5.73 Å². The second kappa shape index (κ2) is 6.30. The van der Waals surface area contributed by atoms with Crippen molar-refractivity contribution in [3.8, 4) is 0 Å².